The van der Waals surface area contributed by atoms with Crippen molar-refractivity contribution in [3.05, 3.63) is 59.7 Å². The van der Waals surface area contributed by atoms with E-state index in [2.05, 4.69) is 24.3 Å². The van der Waals surface area contributed by atoms with E-state index in [0.29, 0.717) is 13.2 Å². The molecule has 1 aliphatic heterocycles. The van der Waals surface area contributed by atoms with E-state index in [0.717, 1.165) is 11.1 Å². The van der Waals surface area contributed by atoms with Crippen molar-refractivity contribution in [2.24, 2.45) is 0 Å². The Hall–Kier alpha value is -2.49. The summed E-state index contributed by atoms with van der Waals surface area (Å²) in [5.41, 5.74) is 4.63. The van der Waals surface area contributed by atoms with E-state index < -0.39 is 30.4 Å². The Morgan fingerprint density at radius 1 is 0.972 bits per heavy atom. The molecule has 2 aromatic rings. The first-order chi connectivity index (χ1) is 17.4. The lowest BCUT2D eigenvalue weighted by Gasteiger charge is -2.30. The number of amides is 1. The van der Waals surface area contributed by atoms with Crippen molar-refractivity contribution < 1.29 is 33.6 Å². The van der Waals surface area contributed by atoms with Gasteiger partial charge in [0.25, 0.3) is 0 Å². The van der Waals surface area contributed by atoms with Gasteiger partial charge in [0.15, 0.2) is 12.1 Å². The molecule has 1 amide bonds. The minimum Gasteiger partial charge on any atom is -0.448 e. The lowest BCUT2D eigenvalue weighted by molar-refractivity contribution is -0.156. The molecule has 2 aromatic carbocycles. The highest BCUT2D eigenvalue weighted by Gasteiger charge is 2.43. The molecule has 0 unspecified atom stereocenters. The summed E-state index contributed by atoms with van der Waals surface area (Å²) in [6.07, 6.45) is -2.18. The predicted molar refractivity (Wildman–Crippen MR) is 135 cm³/mol. The van der Waals surface area contributed by atoms with E-state index >= 15 is 0 Å². The average molecular weight is 500 g/mol. The van der Waals surface area contributed by atoms with Crippen LogP contribution in [-0.2, 0) is 23.7 Å². The van der Waals surface area contributed by atoms with Crippen LogP contribution < -0.4 is 0 Å². The molecule has 8 heteroatoms. The molecule has 1 fully saturated rings. The van der Waals surface area contributed by atoms with Gasteiger partial charge in [0.05, 0.1) is 19.7 Å². The van der Waals surface area contributed by atoms with Gasteiger partial charge in [-0.2, -0.15) is 0 Å². The van der Waals surface area contributed by atoms with Crippen LogP contribution >= 0.6 is 0 Å². The van der Waals surface area contributed by atoms with Crippen molar-refractivity contribution in [2.45, 2.75) is 57.9 Å². The molecule has 8 nitrogen and oxygen atoms in total. The van der Waals surface area contributed by atoms with Gasteiger partial charge in [-0.1, -0.05) is 48.5 Å². The maximum atomic E-state index is 13.4. The second kappa shape index (κ2) is 11.7. The first-order valence-corrected chi connectivity index (χ1v) is 12.7. The lowest BCUT2D eigenvalue weighted by Crippen LogP contribution is -2.47. The van der Waals surface area contributed by atoms with Crippen LogP contribution in [-0.4, -0.2) is 79.9 Å². The number of nitrogens with zero attached hydrogens (tertiary/aromatic N) is 1. The number of aliphatic hydroxyl groups is 1. The maximum absolute atomic E-state index is 13.4. The molecule has 1 aliphatic carbocycles. The van der Waals surface area contributed by atoms with Gasteiger partial charge in [-0.3, -0.25) is 0 Å². The molecule has 0 aromatic heterocycles. The second-order valence-electron chi connectivity index (χ2n) is 9.44. The van der Waals surface area contributed by atoms with E-state index in [-0.39, 0.29) is 32.2 Å². The number of hydrogen-bond acceptors (Lipinski definition) is 7. The zero-order valence-electron chi connectivity index (χ0n) is 21.5. The van der Waals surface area contributed by atoms with Gasteiger partial charge < -0.3 is 33.7 Å². The average Bonchev–Trinajstić information content (AvgIpc) is 3.35. The Bertz CT molecular complexity index is 975. The molecule has 0 saturated carbocycles. The maximum Gasteiger partial charge on any atom is 0.410 e. The number of fused-ring (bicyclic) bond motifs is 3. The third kappa shape index (κ3) is 5.90. The zero-order chi connectivity index (χ0) is 25.7. The predicted octanol–water partition coefficient (Wildman–Crippen LogP) is 4.15. The summed E-state index contributed by atoms with van der Waals surface area (Å²) >= 11 is 0. The molecular weight excluding hydrogens is 462 g/mol. The van der Waals surface area contributed by atoms with Gasteiger partial charge in [-0.05, 0) is 49.9 Å². The molecule has 1 heterocycles. The van der Waals surface area contributed by atoms with Gasteiger partial charge in [0, 0.05) is 19.1 Å². The van der Waals surface area contributed by atoms with Crippen molar-refractivity contribution in [3.63, 3.8) is 0 Å². The largest absolute Gasteiger partial charge is 0.448 e. The number of carbonyl (C=O) groups is 1. The summed E-state index contributed by atoms with van der Waals surface area (Å²) in [5.74, 6) is -0.905. The van der Waals surface area contributed by atoms with Crippen LogP contribution in [0.3, 0.4) is 0 Å². The summed E-state index contributed by atoms with van der Waals surface area (Å²) in [4.78, 5) is 15.0. The summed E-state index contributed by atoms with van der Waals surface area (Å²) in [5, 5.41) is 9.81. The van der Waals surface area contributed by atoms with Crippen LogP contribution in [0.1, 0.15) is 44.7 Å². The molecule has 0 radical (unpaired) electrons. The Morgan fingerprint density at radius 2 is 1.53 bits per heavy atom. The van der Waals surface area contributed by atoms with Gasteiger partial charge >= 0.3 is 6.09 Å². The minimum atomic E-state index is -0.857. The first kappa shape index (κ1) is 26.6. The van der Waals surface area contributed by atoms with Crippen molar-refractivity contribution >= 4 is 6.09 Å². The number of benzene rings is 2. The topological polar surface area (TPSA) is 86.7 Å². The summed E-state index contributed by atoms with van der Waals surface area (Å²) in [6, 6.07) is 16.4. The molecule has 4 rings (SSSR count). The molecular formula is C28H37NO7. The SMILES string of the molecule is CCOC(CN(C[C@@H]1OC(C)(C)O[C@@H]1CO)C(=O)OCC1c2ccccc2-c2ccccc21)OCC. The number of rotatable bonds is 11. The van der Waals surface area contributed by atoms with E-state index in [4.69, 9.17) is 23.7 Å². The summed E-state index contributed by atoms with van der Waals surface area (Å²) < 4.78 is 29.1. The molecule has 0 spiro atoms. The van der Waals surface area contributed by atoms with Gasteiger partial charge in [0.2, 0.25) is 0 Å². The number of carbonyl (C=O) groups excluding carboxylic acids is 1. The van der Waals surface area contributed by atoms with E-state index in [1.165, 1.54) is 16.0 Å². The molecule has 0 bridgehead atoms. The minimum absolute atomic E-state index is 0.0482. The Balaban J connectivity index is 1.51. The first-order valence-electron chi connectivity index (χ1n) is 12.7. The normalized spacial score (nSPS) is 20.4. The smallest absolute Gasteiger partial charge is 0.410 e. The standard InChI is InChI=1S/C28H37NO7/c1-5-32-26(33-6-2)16-29(15-24-25(17-30)36-28(3,4)35-24)27(31)34-18-23-21-13-9-7-11-19(21)20-12-8-10-14-22(20)23/h7-14,23-26,30H,5-6,15-18H2,1-4H3/t24-,25+/m0/s1. The quantitative estimate of drug-likeness (QED) is 0.465. The van der Waals surface area contributed by atoms with Crippen molar-refractivity contribution in [2.75, 3.05) is 39.5 Å². The van der Waals surface area contributed by atoms with Crippen LogP contribution in [0.5, 0.6) is 0 Å². The number of hydrogen-bond donors (Lipinski definition) is 1. The molecule has 36 heavy (non-hydrogen) atoms. The van der Waals surface area contributed by atoms with Crippen LogP contribution in [0.15, 0.2) is 48.5 Å². The third-order valence-electron chi connectivity index (χ3n) is 6.53. The third-order valence-corrected chi connectivity index (χ3v) is 6.53. The van der Waals surface area contributed by atoms with Gasteiger partial charge in [-0.15, -0.1) is 0 Å². The summed E-state index contributed by atoms with van der Waals surface area (Å²) in [7, 11) is 0. The highest BCUT2D eigenvalue weighted by atomic mass is 16.8. The van der Waals surface area contributed by atoms with Crippen LogP contribution in [0.25, 0.3) is 11.1 Å². The number of ether oxygens (including phenoxy) is 5. The molecule has 1 saturated heterocycles. The second-order valence-corrected chi connectivity index (χ2v) is 9.44. The van der Waals surface area contributed by atoms with Crippen LogP contribution in [0.4, 0.5) is 4.79 Å². The van der Waals surface area contributed by atoms with Crippen molar-refractivity contribution in [3.8, 4) is 11.1 Å². The Kier molecular flexibility index (Phi) is 8.64. The highest BCUT2D eigenvalue weighted by Crippen LogP contribution is 2.44. The zero-order valence-corrected chi connectivity index (χ0v) is 21.5. The summed E-state index contributed by atoms with van der Waals surface area (Å²) in [6.45, 7) is 8.54. The van der Waals surface area contributed by atoms with Crippen LogP contribution in [0.2, 0.25) is 0 Å². The molecule has 1 N–H and O–H groups in total. The van der Waals surface area contributed by atoms with Crippen molar-refractivity contribution in [1.82, 2.24) is 4.90 Å². The lowest BCUT2D eigenvalue weighted by atomic mass is 9.98. The molecule has 2 aliphatic rings. The Morgan fingerprint density at radius 3 is 2.08 bits per heavy atom. The number of aliphatic hydroxyl groups excluding tert-OH is 1. The fourth-order valence-electron chi connectivity index (χ4n) is 5.05. The van der Waals surface area contributed by atoms with Gasteiger partial charge in [0.1, 0.15) is 18.8 Å². The van der Waals surface area contributed by atoms with Gasteiger partial charge in [-0.25, -0.2) is 4.79 Å². The van der Waals surface area contributed by atoms with Crippen LogP contribution in [0, 0.1) is 0 Å². The highest BCUT2D eigenvalue weighted by molar-refractivity contribution is 5.79. The molecule has 196 valence electrons. The van der Waals surface area contributed by atoms with E-state index in [1.807, 2.05) is 38.1 Å². The van der Waals surface area contributed by atoms with Crippen molar-refractivity contribution in [1.29, 1.82) is 0 Å². The van der Waals surface area contributed by atoms with E-state index in [1.54, 1.807) is 13.8 Å². The molecule has 2 atom stereocenters. The Labute approximate surface area is 213 Å². The fourth-order valence-corrected chi connectivity index (χ4v) is 5.05. The van der Waals surface area contributed by atoms with E-state index in [9.17, 15) is 9.90 Å². The monoisotopic (exact) mass is 499 g/mol. The fraction of sp³-hybridized carbons (Fsp3) is 0.536.